The first kappa shape index (κ1) is 27.3. The van der Waals surface area contributed by atoms with Crippen LogP contribution in [0.2, 0.25) is 0 Å². The molecular formula is C28H32F2N4O4. The molecule has 2 aromatic carbocycles. The minimum Gasteiger partial charge on any atom is -0.463 e. The minimum atomic E-state index is -0.878. The van der Waals surface area contributed by atoms with E-state index in [0.717, 1.165) is 0 Å². The molecule has 2 aliphatic heterocycles. The van der Waals surface area contributed by atoms with Crippen LogP contribution in [0.1, 0.15) is 42.7 Å². The van der Waals surface area contributed by atoms with E-state index in [1.807, 2.05) is 11.8 Å². The van der Waals surface area contributed by atoms with Gasteiger partial charge in [-0.2, -0.15) is 0 Å². The van der Waals surface area contributed by atoms with Crippen molar-refractivity contribution in [3.8, 4) is 0 Å². The van der Waals surface area contributed by atoms with E-state index >= 15 is 0 Å². The largest absolute Gasteiger partial charge is 0.463 e. The number of esters is 1. The smallest absolute Gasteiger partial charge is 0.338 e. The highest BCUT2D eigenvalue weighted by Gasteiger charge is 2.39. The number of nitrogens with one attached hydrogen (secondary N) is 1. The van der Waals surface area contributed by atoms with Crippen molar-refractivity contribution in [1.82, 2.24) is 20.0 Å². The average Bonchev–Trinajstić information content (AvgIpc) is 2.88. The van der Waals surface area contributed by atoms with Crippen molar-refractivity contribution < 1.29 is 27.9 Å². The van der Waals surface area contributed by atoms with Crippen LogP contribution in [0.15, 0.2) is 59.8 Å². The Kier molecular flexibility index (Phi) is 8.41. The third kappa shape index (κ3) is 5.55. The molecule has 202 valence electrons. The summed E-state index contributed by atoms with van der Waals surface area (Å²) in [6.45, 7) is 7.32. The number of benzene rings is 2. The van der Waals surface area contributed by atoms with Crippen molar-refractivity contribution in [1.29, 1.82) is 0 Å². The van der Waals surface area contributed by atoms with Crippen LogP contribution in [0, 0.1) is 11.6 Å². The van der Waals surface area contributed by atoms with E-state index in [0.29, 0.717) is 37.4 Å². The maximum absolute atomic E-state index is 14.2. The average molecular weight is 527 g/mol. The molecule has 0 radical (unpaired) electrons. The molecule has 2 aromatic rings. The van der Waals surface area contributed by atoms with Crippen LogP contribution < -0.4 is 5.32 Å². The van der Waals surface area contributed by atoms with Gasteiger partial charge in [-0.05, 0) is 50.6 Å². The number of hydrogen-bond acceptors (Lipinski definition) is 5. The van der Waals surface area contributed by atoms with Crippen molar-refractivity contribution in [3.63, 3.8) is 0 Å². The fourth-order valence-corrected chi connectivity index (χ4v) is 5.07. The molecule has 0 bridgehead atoms. The van der Waals surface area contributed by atoms with Crippen molar-refractivity contribution in [3.05, 3.63) is 82.6 Å². The summed E-state index contributed by atoms with van der Waals surface area (Å²) < 4.78 is 33.7. The molecular weight excluding hydrogens is 494 g/mol. The monoisotopic (exact) mass is 526 g/mol. The fourth-order valence-electron chi connectivity index (χ4n) is 5.07. The summed E-state index contributed by atoms with van der Waals surface area (Å²) in [5.74, 6) is -2.01. The van der Waals surface area contributed by atoms with Gasteiger partial charge in [-0.25, -0.2) is 18.4 Å². The van der Waals surface area contributed by atoms with Crippen molar-refractivity contribution in [2.45, 2.75) is 32.9 Å². The first-order valence-electron chi connectivity index (χ1n) is 12.8. The third-order valence-electron chi connectivity index (χ3n) is 6.88. The quantitative estimate of drug-likeness (QED) is 0.557. The summed E-state index contributed by atoms with van der Waals surface area (Å²) in [5, 5.41) is 2.83. The lowest BCUT2D eigenvalue weighted by molar-refractivity contribution is -0.139. The van der Waals surface area contributed by atoms with Crippen LogP contribution in [0.25, 0.3) is 0 Å². The zero-order valence-corrected chi connectivity index (χ0v) is 21.7. The van der Waals surface area contributed by atoms with Crippen LogP contribution in [0.4, 0.5) is 13.6 Å². The van der Waals surface area contributed by atoms with Gasteiger partial charge in [0.15, 0.2) is 0 Å². The van der Waals surface area contributed by atoms with Crippen molar-refractivity contribution >= 4 is 17.9 Å². The SMILES string of the molecule is CCOC(=O)C1=C(CN2CCN(C(=O)c3ccccc3F)[C@@H](C)C2)N(CC)C(=O)N[C@@H]1c1cccc(F)c1. The number of nitrogens with zero attached hydrogens (tertiary/aromatic N) is 3. The van der Waals surface area contributed by atoms with E-state index in [-0.39, 0.29) is 36.2 Å². The van der Waals surface area contributed by atoms with E-state index in [9.17, 15) is 23.2 Å². The Morgan fingerprint density at radius 3 is 2.50 bits per heavy atom. The number of urea groups is 1. The number of rotatable bonds is 7. The molecule has 4 rings (SSSR count). The summed E-state index contributed by atoms with van der Waals surface area (Å²) in [4.78, 5) is 44.5. The Morgan fingerprint density at radius 1 is 1.08 bits per heavy atom. The van der Waals surface area contributed by atoms with Gasteiger partial charge in [-0.3, -0.25) is 14.6 Å². The fraction of sp³-hybridized carbons (Fsp3) is 0.393. The van der Waals surface area contributed by atoms with E-state index in [4.69, 9.17) is 4.74 Å². The van der Waals surface area contributed by atoms with Crippen LogP contribution in [0.5, 0.6) is 0 Å². The normalized spacial score (nSPS) is 20.4. The lowest BCUT2D eigenvalue weighted by Gasteiger charge is -2.43. The van der Waals surface area contributed by atoms with Gasteiger partial charge in [-0.1, -0.05) is 24.3 Å². The second-order valence-electron chi connectivity index (χ2n) is 9.33. The molecule has 1 N–H and O–H groups in total. The highest BCUT2D eigenvalue weighted by molar-refractivity contribution is 5.96. The van der Waals surface area contributed by atoms with E-state index in [2.05, 4.69) is 5.32 Å². The van der Waals surface area contributed by atoms with E-state index in [1.54, 1.807) is 36.9 Å². The van der Waals surface area contributed by atoms with Crippen LogP contribution in [-0.2, 0) is 9.53 Å². The van der Waals surface area contributed by atoms with Gasteiger partial charge in [0, 0.05) is 44.5 Å². The molecule has 1 saturated heterocycles. The molecule has 8 nitrogen and oxygen atoms in total. The molecule has 0 aromatic heterocycles. The molecule has 0 aliphatic carbocycles. The topological polar surface area (TPSA) is 82.2 Å². The molecule has 0 saturated carbocycles. The predicted octanol–water partition coefficient (Wildman–Crippen LogP) is 3.71. The van der Waals surface area contributed by atoms with Crippen LogP contribution in [-0.4, -0.2) is 78.0 Å². The van der Waals surface area contributed by atoms with Gasteiger partial charge < -0.3 is 15.0 Å². The summed E-state index contributed by atoms with van der Waals surface area (Å²) in [5.41, 5.74) is 1.18. The Balaban J connectivity index is 1.64. The van der Waals surface area contributed by atoms with Gasteiger partial charge >= 0.3 is 12.0 Å². The molecule has 0 spiro atoms. The van der Waals surface area contributed by atoms with Gasteiger partial charge in [-0.15, -0.1) is 0 Å². The third-order valence-corrected chi connectivity index (χ3v) is 6.88. The lowest BCUT2D eigenvalue weighted by atomic mass is 9.94. The van der Waals surface area contributed by atoms with Gasteiger partial charge in [0.2, 0.25) is 0 Å². The molecule has 2 aliphatic rings. The molecule has 10 heteroatoms. The van der Waals surface area contributed by atoms with Crippen LogP contribution in [0.3, 0.4) is 0 Å². The van der Waals surface area contributed by atoms with Crippen molar-refractivity contribution in [2.24, 2.45) is 0 Å². The standard InChI is InChI=1S/C28H32F2N4O4/c1-4-33-23(17-32-13-14-34(18(3)16-32)26(35)21-11-6-7-12-22(21)30)24(27(36)38-5-2)25(31-28(33)37)19-9-8-10-20(29)15-19/h6-12,15,18,25H,4-5,13-14,16-17H2,1-3H3,(H,31,37)/t18-,25+/m0/s1. The summed E-state index contributed by atoms with van der Waals surface area (Å²) >= 11 is 0. The van der Waals surface area contributed by atoms with Crippen molar-refractivity contribution in [2.75, 3.05) is 39.3 Å². The lowest BCUT2D eigenvalue weighted by Crippen LogP contribution is -2.56. The maximum Gasteiger partial charge on any atom is 0.338 e. The Hall–Kier alpha value is -3.79. The van der Waals surface area contributed by atoms with E-state index in [1.165, 1.54) is 35.2 Å². The number of hydrogen-bond donors (Lipinski definition) is 1. The number of carbonyl (C=O) groups is 3. The highest BCUT2D eigenvalue weighted by atomic mass is 19.1. The first-order chi connectivity index (χ1) is 18.2. The van der Waals surface area contributed by atoms with E-state index < -0.39 is 29.7 Å². The Bertz CT molecular complexity index is 1250. The predicted molar refractivity (Wildman–Crippen MR) is 137 cm³/mol. The molecule has 2 atom stereocenters. The van der Waals surface area contributed by atoms with Gasteiger partial charge in [0.25, 0.3) is 5.91 Å². The number of carbonyl (C=O) groups excluding carboxylic acids is 3. The zero-order chi connectivity index (χ0) is 27.4. The number of likely N-dealkylation sites (N-methyl/N-ethyl adjacent to an activating group) is 1. The maximum atomic E-state index is 14.2. The number of amides is 3. The zero-order valence-electron chi connectivity index (χ0n) is 21.7. The summed E-state index contributed by atoms with van der Waals surface area (Å²) in [6.07, 6.45) is 0. The summed E-state index contributed by atoms with van der Waals surface area (Å²) in [7, 11) is 0. The molecule has 2 heterocycles. The Morgan fingerprint density at radius 2 is 1.84 bits per heavy atom. The molecule has 0 unspecified atom stereocenters. The van der Waals surface area contributed by atoms with Crippen LogP contribution >= 0.6 is 0 Å². The number of piperazine rings is 1. The summed E-state index contributed by atoms with van der Waals surface area (Å²) in [6, 6.07) is 10.2. The highest BCUT2D eigenvalue weighted by Crippen LogP contribution is 2.32. The number of ether oxygens (including phenoxy) is 1. The molecule has 1 fully saturated rings. The minimum absolute atomic E-state index is 0.0270. The van der Waals surface area contributed by atoms with Gasteiger partial charge in [0.05, 0.1) is 23.8 Å². The van der Waals surface area contributed by atoms with Gasteiger partial charge in [0.1, 0.15) is 11.6 Å². The number of halogens is 2. The second kappa shape index (κ2) is 11.7. The first-order valence-corrected chi connectivity index (χ1v) is 12.8. The molecule has 3 amide bonds. The second-order valence-corrected chi connectivity index (χ2v) is 9.33. The Labute approximate surface area is 220 Å². The molecule has 38 heavy (non-hydrogen) atoms.